The van der Waals surface area contributed by atoms with Gasteiger partial charge < -0.3 is 0 Å². The van der Waals surface area contributed by atoms with Crippen LogP contribution in [0.1, 0.15) is 38.2 Å². The molecule has 0 spiro atoms. The summed E-state index contributed by atoms with van der Waals surface area (Å²) in [6.45, 7) is 0. The van der Waals surface area contributed by atoms with Crippen molar-refractivity contribution in [2.45, 2.75) is 25.7 Å². The van der Waals surface area contributed by atoms with Crippen molar-refractivity contribution < 1.29 is 4.79 Å². The summed E-state index contributed by atoms with van der Waals surface area (Å²) in [5, 5.41) is 0. The summed E-state index contributed by atoms with van der Waals surface area (Å²) in [7, 11) is 0. The summed E-state index contributed by atoms with van der Waals surface area (Å²) < 4.78 is 0. The Balaban J connectivity index is 1.55. The number of carbonyl (C=O) groups excluding carboxylic acids is 1. The van der Waals surface area contributed by atoms with Crippen LogP contribution in [0.4, 0.5) is 0 Å². The van der Waals surface area contributed by atoms with E-state index in [4.69, 9.17) is 0 Å². The average Bonchev–Trinajstić information content (AvgIpc) is 2.83. The molecular weight excluding hydrogens is 364 g/mol. The Morgan fingerprint density at radius 1 is 0.433 bits per heavy atom. The van der Waals surface area contributed by atoms with Crippen LogP contribution in [0.25, 0.3) is 0 Å². The number of hydrogen-bond acceptors (Lipinski definition) is 1. The molecule has 0 unspecified atom stereocenters. The number of aryl methyl sites for hydroxylation is 4. The third-order valence-electron chi connectivity index (χ3n) is 5.58. The van der Waals surface area contributed by atoms with Crippen LogP contribution in [0, 0.1) is 0 Å². The first-order chi connectivity index (χ1) is 14.8. The number of benzene rings is 4. The highest BCUT2D eigenvalue weighted by Gasteiger charge is 2.16. The first-order valence-corrected chi connectivity index (χ1v) is 10.6. The van der Waals surface area contributed by atoms with Gasteiger partial charge in [0.2, 0.25) is 0 Å². The lowest BCUT2D eigenvalue weighted by Crippen LogP contribution is -2.09. The summed E-state index contributed by atoms with van der Waals surface area (Å²) in [6, 6.07) is 37.0. The van der Waals surface area contributed by atoms with Crippen molar-refractivity contribution in [3.05, 3.63) is 143 Å². The van der Waals surface area contributed by atoms with E-state index in [0.29, 0.717) is 0 Å². The van der Waals surface area contributed by atoms with Gasteiger partial charge in [-0.2, -0.15) is 0 Å². The van der Waals surface area contributed by atoms with Gasteiger partial charge in [0.1, 0.15) is 0 Å². The van der Waals surface area contributed by atoms with E-state index in [1.807, 2.05) is 48.5 Å². The number of ketones is 1. The van der Waals surface area contributed by atoms with E-state index < -0.39 is 0 Å². The van der Waals surface area contributed by atoms with Crippen molar-refractivity contribution in [1.29, 1.82) is 0 Å². The maximum atomic E-state index is 13.5. The van der Waals surface area contributed by atoms with Crippen molar-refractivity contribution in [2.24, 2.45) is 0 Å². The highest BCUT2D eigenvalue weighted by Crippen LogP contribution is 2.21. The Kier molecular flexibility index (Phi) is 6.51. The fraction of sp³-hybridized carbons (Fsp3) is 0.138. The van der Waals surface area contributed by atoms with Crippen LogP contribution in [0.5, 0.6) is 0 Å². The zero-order valence-corrected chi connectivity index (χ0v) is 17.1. The fourth-order valence-electron chi connectivity index (χ4n) is 3.91. The van der Waals surface area contributed by atoms with E-state index in [1.165, 1.54) is 11.1 Å². The van der Waals surface area contributed by atoms with Gasteiger partial charge in [-0.3, -0.25) is 4.79 Å². The predicted molar refractivity (Wildman–Crippen MR) is 124 cm³/mol. The molecule has 0 radical (unpaired) electrons. The minimum Gasteiger partial charge on any atom is -0.289 e. The lowest BCUT2D eigenvalue weighted by atomic mass is 9.91. The molecule has 0 amide bonds. The molecule has 4 aromatic carbocycles. The molecule has 0 fully saturated rings. The van der Waals surface area contributed by atoms with Crippen LogP contribution < -0.4 is 0 Å². The van der Waals surface area contributed by atoms with Gasteiger partial charge in [0.15, 0.2) is 5.78 Å². The highest BCUT2D eigenvalue weighted by atomic mass is 16.1. The Labute approximate surface area is 179 Å². The van der Waals surface area contributed by atoms with Crippen molar-refractivity contribution in [1.82, 2.24) is 0 Å². The van der Waals surface area contributed by atoms with Crippen molar-refractivity contribution in [2.75, 3.05) is 0 Å². The van der Waals surface area contributed by atoms with Crippen LogP contribution in [-0.4, -0.2) is 5.78 Å². The number of carbonyl (C=O) groups is 1. The molecule has 1 heteroatoms. The van der Waals surface area contributed by atoms with Gasteiger partial charge in [-0.15, -0.1) is 0 Å². The number of hydrogen-bond donors (Lipinski definition) is 0. The Morgan fingerprint density at radius 2 is 0.800 bits per heavy atom. The highest BCUT2D eigenvalue weighted by molar-refractivity contribution is 6.10. The molecular formula is C29H26O. The standard InChI is InChI=1S/C29H26O/c30-29(27-17-9-7-15-25(27)21-19-23-11-3-1-4-12-23)28-18-10-8-16-26(28)22-20-24-13-5-2-6-14-24/h1-18H,19-22H2. The Morgan fingerprint density at radius 3 is 1.23 bits per heavy atom. The van der Waals surface area contributed by atoms with Crippen molar-refractivity contribution in [3.8, 4) is 0 Å². The Hall–Kier alpha value is -3.45. The second-order valence-electron chi connectivity index (χ2n) is 7.61. The van der Waals surface area contributed by atoms with E-state index in [0.717, 1.165) is 47.9 Å². The molecule has 0 N–H and O–H groups in total. The lowest BCUT2D eigenvalue weighted by molar-refractivity contribution is 0.103. The van der Waals surface area contributed by atoms with Crippen LogP contribution in [-0.2, 0) is 25.7 Å². The summed E-state index contributed by atoms with van der Waals surface area (Å²) in [5.74, 6) is 0.127. The molecule has 0 aromatic heterocycles. The second-order valence-corrected chi connectivity index (χ2v) is 7.61. The van der Waals surface area contributed by atoms with Gasteiger partial charge in [0, 0.05) is 11.1 Å². The molecule has 0 atom stereocenters. The topological polar surface area (TPSA) is 17.1 Å². The van der Waals surface area contributed by atoms with Gasteiger partial charge in [0.25, 0.3) is 0 Å². The number of rotatable bonds is 8. The van der Waals surface area contributed by atoms with Gasteiger partial charge >= 0.3 is 0 Å². The Bertz CT molecular complexity index is 1010. The van der Waals surface area contributed by atoms with E-state index >= 15 is 0 Å². The van der Waals surface area contributed by atoms with Crippen molar-refractivity contribution in [3.63, 3.8) is 0 Å². The molecule has 0 saturated carbocycles. The zero-order chi connectivity index (χ0) is 20.6. The maximum Gasteiger partial charge on any atom is 0.193 e. The van der Waals surface area contributed by atoms with Crippen LogP contribution in [0.15, 0.2) is 109 Å². The first-order valence-electron chi connectivity index (χ1n) is 10.6. The zero-order valence-electron chi connectivity index (χ0n) is 17.1. The summed E-state index contributed by atoms with van der Waals surface area (Å²) in [4.78, 5) is 13.5. The normalized spacial score (nSPS) is 10.7. The average molecular weight is 391 g/mol. The SMILES string of the molecule is O=C(c1ccccc1CCc1ccccc1)c1ccccc1CCc1ccccc1. The van der Waals surface area contributed by atoms with Crippen LogP contribution >= 0.6 is 0 Å². The predicted octanol–water partition coefficient (Wildman–Crippen LogP) is 6.49. The lowest BCUT2D eigenvalue weighted by Gasteiger charge is -2.12. The van der Waals surface area contributed by atoms with Crippen LogP contribution in [0.3, 0.4) is 0 Å². The smallest absolute Gasteiger partial charge is 0.193 e. The van der Waals surface area contributed by atoms with Gasteiger partial charge in [0.05, 0.1) is 0 Å². The quantitative estimate of drug-likeness (QED) is 0.314. The third kappa shape index (κ3) is 4.93. The molecule has 4 rings (SSSR count). The summed E-state index contributed by atoms with van der Waals surface area (Å²) in [6.07, 6.45) is 3.58. The molecule has 0 aliphatic rings. The monoisotopic (exact) mass is 390 g/mol. The molecule has 0 heterocycles. The third-order valence-corrected chi connectivity index (χ3v) is 5.58. The molecule has 0 aliphatic heterocycles. The van der Waals surface area contributed by atoms with E-state index in [1.54, 1.807) is 0 Å². The maximum absolute atomic E-state index is 13.5. The second kappa shape index (κ2) is 9.84. The fourth-order valence-corrected chi connectivity index (χ4v) is 3.91. The van der Waals surface area contributed by atoms with Crippen LogP contribution in [0.2, 0.25) is 0 Å². The van der Waals surface area contributed by atoms with E-state index in [9.17, 15) is 4.79 Å². The van der Waals surface area contributed by atoms with Gasteiger partial charge in [-0.1, -0.05) is 109 Å². The molecule has 0 aliphatic carbocycles. The minimum absolute atomic E-state index is 0.127. The molecule has 30 heavy (non-hydrogen) atoms. The first kappa shape index (κ1) is 19.8. The largest absolute Gasteiger partial charge is 0.289 e. The molecule has 0 bridgehead atoms. The van der Waals surface area contributed by atoms with Gasteiger partial charge in [-0.25, -0.2) is 0 Å². The molecule has 148 valence electrons. The van der Waals surface area contributed by atoms with Crippen molar-refractivity contribution >= 4 is 5.78 Å². The van der Waals surface area contributed by atoms with Gasteiger partial charge in [-0.05, 0) is 47.9 Å². The van der Waals surface area contributed by atoms with E-state index in [2.05, 4.69) is 60.7 Å². The summed E-state index contributed by atoms with van der Waals surface area (Å²) >= 11 is 0. The molecule has 4 aromatic rings. The van der Waals surface area contributed by atoms with E-state index in [-0.39, 0.29) is 5.78 Å². The minimum atomic E-state index is 0.127. The summed E-state index contributed by atoms with van der Waals surface area (Å²) in [5.41, 5.74) is 6.46. The molecule has 1 nitrogen and oxygen atoms in total. The molecule has 0 saturated heterocycles.